The molecule has 0 aliphatic heterocycles. The Bertz CT molecular complexity index is 463. The van der Waals surface area contributed by atoms with Crippen molar-refractivity contribution in [3.05, 3.63) is 41.4 Å². The summed E-state index contributed by atoms with van der Waals surface area (Å²) < 4.78 is 5.57. The molecule has 1 aromatic rings. The van der Waals surface area contributed by atoms with Gasteiger partial charge in [-0.05, 0) is 31.7 Å². The lowest BCUT2D eigenvalue weighted by Crippen LogP contribution is -2.29. The van der Waals surface area contributed by atoms with Crippen molar-refractivity contribution >= 4 is 17.5 Å². The molecule has 20 heavy (non-hydrogen) atoms. The molecular formula is C15H21ClN2O2. The van der Waals surface area contributed by atoms with Crippen molar-refractivity contribution in [2.24, 2.45) is 0 Å². The summed E-state index contributed by atoms with van der Waals surface area (Å²) in [6, 6.07) is 5.49. The maximum Gasteiger partial charge on any atom is 0.258 e. The number of benzene rings is 1. The number of carbonyl (C=O) groups excluding carboxylic acids is 1. The second-order valence-corrected chi connectivity index (χ2v) is 4.78. The first-order valence-electron chi connectivity index (χ1n) is 6.61. The van der Waals surface area contributed by atoms with E-state index in [1.54, 1.807) is 18.2 Å². The molecule has 0 saturated heterocycles. The van der Waals surface area contributed by atoms with Gasteiger partial charge in [-0.2, -0.15) is 0 Å². The van der Waals surface area contributed by atoms with Gasteiger partial charge < -0.3 is 15.4 Å². The van der Waals surface area contributed by atoms with Crippen molar-refractivity contribution in [3.63, 3.8) is 0 Å². The van der Waals surface area contributed by atoms with Crippen LogP contribution in [0.5, 0.6) is 5.75 Å². The molecule has 0 radical (unpaired) electrons. The summed E-state index contributed by atoms with van der Waals surface area (Å²) in [7, 11) is 0. The average Bonchev–Trinajstić information content (AvgIpc) is 2.43. The van der Waals surface area contributed by atoms with Crippen molar-refractivity contribution in [1.29, 1.82) is 0 Å². The minimum Gasteiger partial charge on any atom is -0.483 e. The second-order valence-electron chi connectivity index (χ2n) is 4.34. The third-order valence-electron chi connectivity index (χ3n) is 2.75. The minimum atomic E-state index is -0.179. The van der Waals surface area contributed by atoms with Crippen molar-refractivity contribution in [2.75, 3.05) is 19.7 Å². The van der Waals surface area contributed by atoms with Crippen LogP contribution in [0.2, 0.25) is 5.02 Å². The van der Waals surface area contributed by atoms with Gasteiger partial charge in [-0.3, -0.25) is 4.79 Å². The summed E-state index contributed by atoms with van der Waals surface area (Å²) in [6.07, 6.45) is 1.62. The van der Waals surface area contributed by atoms with Gasteiger partial charge in [-0.25, -0.2) is 0 Å². The topological polar surface area (TPSA) is 50.4 Å². The largest absolute Gasteiger partial charge is 0.483 e. The molecule has 1 atom stereocenters. The highest BCUT2D eigenvalue weighted by Gasteiger charge is 2.12. The molecule has 0 spiro atoms. The molecule has 1 amide bonds. The van der Waals surface area contributed by atoms with Crippen LogP contribution in [0.15, 0.2) is 30.9 Å². The fourth-order valence-electron chi connectivity index (χ4n) is 1.79. The zero-order valence-electron chi connectivity index (χ0n) is 11.9. The standard InChI is InChI=1S/C15H21ClN2O2/c1-4-8-18-15(19)10-20-14-7-6-12(16)9-13(14)11(3)17-5-2/h4,6-7,9,11,17H,1,5,8,10H2,2-3H3,(H,18,19). The molecule has 1 rings (SSSR count). The molecule has 110 valence electrons. The van der Waals surface area contributed by atoms with E-state index in [-0.39, 0.29) is 18.6 Å². The van der Waals surface area contributed by atoms with Crippen molar-refractivity contribution < 1.29 is 9.53 Å². The molecule has 1 unspecified atom stereocenters. The zero-order valence-corrected chi connectivity index (χ0v) is 12.7. The quantitative estimate of drug-likeness (QED) is 0.725. The van der Waals surface area contributed by atoms with Gasteiger partial charge in [-0.1, -0.05) is 24.6 Å². The third-order valence-corrected chi connectivity index (χ3v) is 2.99. The van der Waals surface area contributed by atoms with Gasteiger partial charge in [0, 0.05) is 23.2 Å². The summed E-state index contributed by atoms with van der Waals surface area (Å²) in [5.74, 6) is 0.485. The lowest BCUT2D eigenvalue weighted by molar-refractivity contribution is -0.122. The molecule has 0 fully saturated rings. The van der Waals surface area contributed by atoms with E-state index in [2.05, 4.69) is 17.2 Å². The summed E-state index contributed by atoms with van der Waals surface area (Å²) in [6.45, 7) is 8.85. The smallest absolute Gasteiger partial charge is 0.258 e. The van der Waals surface area contributed by atoms with Crippen LogP contribution in [0.25, 0.3) is 0 Å². The third kappa shape index (κ3) is 5.23. The van der Waals surface area contributed by atoms with E-state index in [4.69, 9.17) is 16.3 Å². The van der Waals surface area contributed by atoms with Crippen LogP contribution in [0.3, 0.4) is 0 Å². The Balaban J connectivity index is 2.73. The number of rotatable bonds is 8. The van der Waals surface area contributed by atoms with Crippen LogP contribution < -0.4 is 15.4 Å². The number of nitrogens with one attached hydrogen (secondary N) is 2. The predicted octanol–water partition coefficient (Wildman–Crippen LogP) is 2.69. The lowest BCUT2D eigenvalue weighted by atomic mass is 10.1. The summed E-state index contributed by atoms with van der Waals surface area (Å²) in [5, 5.41) is 6.61. The Labute approximate surface area is 125 Å². The number of hydrogen-bond acceptors (Lipinski definition) is 3. The summed E-state index contributed by atoms with van der Waals surface area (Å²) >= 11 is 6.02. The van der Waals surface area contributed by atoms with Gasteiger partial charge in [0.2, 0.25) is 0 Å². The van der Waals surface area contributed by atoms with Gasteiger partial charge in [-0.15, -0.1) is 6.58 Å². The zero-order chi connectivity index (χ0) is 15.0. The first-order valence-corrected chi connectivity index (χ1v) is 6.99. The number of amides is 1. The Hall–Kier alpha value is -1.52. The Morgan fingerprint density at radius 1 is 1.55 bits per heavy atom. The normalized spacial score (nSPS) is 11.8. The number of hydrogen-bond donors (Lipinski definition) is 2. The highest BCUT2D eigenvalue weighted by Crippen LogP contribution is 2.28. The van der Waals surface area contributed by atoms with E-state index in [1.807, 2.05) is 19.9 Å². The van der Waals surface area contributed by atoms with Gasteiger partial charge in [0.25, 0.3) is 5.91 Å². The minimum absolute atomic E-state index is 0.0265. The van der Waals surface area contributed by atoms with Crippen LogP contribution in [0.1, 0.15) is 25.5 Å². The molecule has 5 heteroatoms. The first-order chi connectivity index (χ1) is 9.58. The van der Waals surface area contributed by atoms with Gasteiger partial charge in [0.15, 0.2) is 6.61 Å². The highest BCUT2D eigenvalue weighted by molar-refractivity contribution is 6.30. The van der Waals surface area contributed by atoms with E-state index >= 15 is 0 Å². The van der Waals surface area contributed by atoms with Gasteiger partial charge >= 0.3 is 0 Å². The number of ether oxygens (including phenoxy) is 1. The maximum atomic E-state index is 11.5. The fourth-order valence-corrected chi connectivity index (χ4v) is 1.97. The second kappa shape index (κ2) is 8.61. The van der Waals surface area contributed by atoms with E-state index in [9.17, 15) is 4.79 Å². The molecular weight excluding hydrogens is 276 g/mol. The van der Waals surface area contributed by atoms with Crippen LogP contribution >= 0.6 is 11.6 Å². The molecule has 0 aromatic heterocycles. The number of carbonyl (C=O) groups is 1. The van der Waals surface area contributed by atoms with Gasteiger partial charge in [0.1, 0.15) is 5.75 Å². The molecule has 4 nitrogen and oxygen atoms in total. The van der Waals surface area contributed by atoms with Gasteiger partial charge in [0.05, 0.1) is 0 Å². The molecule has 2 N–H and O–H groups in total. The number of halogens is 1. The SMILES string of the molecule is C=CCNC(=O)COc1ccc(Cl)cc1C(C)NCC. The fraction of sp³-hybridized carbons (Fsp3) is 0.400. The molecule has 0 aliphatic carbocycles. The maximum absolute atomic E-state index is 11.5. The molecule has 0 aliphatic rings. The van der Waals surface area contributed by atoms with Crippen molar-refractivity contribution in [2.45, 2.75) is 19.9 Å². The summed E-state index contributed by atoms with van der Waals surface area (Å²) in [5.41, 5.74) is 0.941. The Morgan fingerprint density at radius 3 is 2.95 bits per heavy atom. The molecule has 0 heterocycles. The van der Waals surface area contributed by atoms with Crippen LogP contribution in [0.4, 0.5) is 0 Å². The van der Waals surface area contributed by atoms with E-state index in [0.717, 1.165) is 12.1 Å². The predicted molar refractivity (Wildman–Crippen MR) is 82.2 cm³/mol. The van der Waals surface area contributed by atoms with Crippen molar-refractivity contribution in [1.82, 2.24) is 10.6 Å². The average molecular weight is 297 g/mol. The molecule has 1 aromatic carbocycles. The van der Waals surface area contributed by atoms with Crippen LogP contribution in [-0.4, -0.2) is 25.6 Å². The van der Waals surface area contributed by atoms with E-state index in [1.165, 1.54) is 0 Å². The molecule has 0 bridgehead atoms. The van der Waals surface area contributed by atoms with Crippen LogP contribution in [0, 0.1) is 0 Å². The highest BCUT2D eigenvalue weighted by atomic mass is 35.5. The molecule has 0 saturated carbocycles. The lowest BCUT2D eigenvalue weighted by Gasteiger charge is -2.18. The monoisotopic (exact) mass is 296 g/mol. The van der Waals surface area contributed by atoms with E-state index < -0.39 is 0 Å². The summed E-state index contributed by atoms with van der Waals surface area (Å²) in [4.78, 5) is 11.5. The first kappa shape index (κ1) is 16.5. The Kier molecular flexibility index (Phi) is 7.12. The Morgan fingerprint density at radius 2 is 2.30 bits per heavy atom. The van der Waals surface area contributed by atoms with Crippen LogP contribution in [-0.2, 0) is 4.79 Å². The van der Waals surface area contributed by atoms with E-state index in [0.29, 0.717) is 17.3 Å². The van der Waals surface area contributed by atoms with Crippen molar-refractivity contribution in [3.8, 4) is 5.75 Å².